The molecule has 0 saturated carbocycles. The van der Waals surface area contributed by atoms with Crippen LogP contribution in [0.3, 0.4) is 0 Å². The normalized spacial score (nSPS) is 12.0. The molecule has 0 spiro atoms. The number of aromatic nitrogens is 1. The molecule has 9 heteroatoms. The standard InChI is InChI=1S/C6H5ClF2N2O3S/c7-15(13,14)4-2(5(8)9)1-3(12)11-6(4)10/h1,5H,(H3,10,11,12). The summed E-state index contributed by atoms with van der Waals surface area (Å²) in [6.45, 7) is 0. The lowest BCUT2D eigenvalue weighted by atomic mass is 10.2. The van der Waals surface area contributed by atoms with Crippen LogP contribution in [0.1, 0.15) is 12.0 Å². The van der Waals surface area contributed by atoms with Crippen molar-refractivity contribution in [2.45, 2.75) is 11.3 Å². The Labute approximate surface area is 87.3 Å². The molecule has 0 aliphatic carbocycles. The number of hydrogen-bond acceptors (Lipinski definition) is 4. The highest BCUT2D eigenvalue weighted by atomic mass is 35.7. The van der Waals surface area contributed by atoms with E-state index in [2.05, 4.69) is 0 Å². The molecular weight excluding hydrogens is 254 g/mol. The number of hydrogen-bond donors (Lipinski definition) is 2. The first-order chi connectivity index (χ1) is 6.73. The average Bonchev–Trinajstić information content (AvgIpc) is 1.99. The molecular formula is C6H5ClF2N2O3S. The van der Waals surface area contributed by atoms with Gasteiger partial charge in [0.1, 0.15) is 10.7 Å². The lowest BCUT2D eigenvalue weighted by Crippen LogP contribution is -2.15. The Balaban J connectivity index is 3.70. The van der Waals surface area contributed by atoms with Gasteiger partial charge >= 0.3 is 0 Å². The van der Waals surface area contributed by atoms with Crippen LogP contribution in [0.5, 0.6) is 0 Å². The van der Waals surface area contributed by atoms with Gasteiger partial charge in [0, 0.05) is 22.3 Å². The molecule has 0 aliphatic heterocycles. The number of pyridine rings is 1. The van der Waals surface area contributed by atoms with E-state index in [1.165, 1.54) is 0 Å². The summed E-state index contributed by atoms with van der Waals surface area (Å²) in [6.07, 6.45) is -3.15. The van der Waals surface area contributed by atoms with Gasteiger partial charge in [0.15, 0.2) is 0 Å². The number of alkyl halides is 2. The summed E-state index contributed by atoms with van der Waals surface area (Å²) in [5, 5.41) is 0. The molecule has 1 heterocycles. The second-order valence-electron chi connectivity index (χ2n) is 2.57. The smallest absolute Gasteiger partial charge is 0.265 e. The van der Waals surface area contributed by atoms with Crippen LogP contribution in [0.4, 0.5) is 14.6 Å². The van der Waals surface area contributed by atoms with E-state index in [4.69, 9.17) is 16.4 Å². The van der Waals surface area contributed by atoms with Crippen molar-refractivity contribution in [2.24, 2.45) is 0 Å². The first-order valence-electron chi connectivity index (χ1n) is 3.49. The Bertz CT molecular complexity index is 540. The molecule has 0 bridgehead atoms. The van der Waals surface area contributed by atoms with Crippen LogP contribution in [0.15, 0.2) is 15.8 Å². The van der Waals surface area contributed by atoms with Crippen molar-refractivity contribution in [1.82, 2.24) is 4.98 Å². The van der Waals surface area contributed by atoms with Crippen molar-refractivity contribution >= 4 is 25.6 Å². The third-order valence-corrected chi connectivity index (χ3v) is 2.94. The minimum absolute atomic E-state index is 0.441. The van der Waals surface area contributed by atoms with E-state index in [0.29, 0.717) is 6.07 Å². The molecule has 0 unspecified atom stereocenters. The van der Waals surface area contributed by atoms with E-state index in [9.17, 15) is 22.0 Å². The summed E-state index contributed by atoms with van der Waals surface area (Å²) in [5.41, 5.74) is 3.16. The minimum atomic E-state index is -4.43. The molecule has 0 radical (unpaired) electrons. The number of halogens is 3. The molecule has 0 fully saturated rings. The van der Waals surface area contributed by atoms with E-state index in [1.54, 1.807) is 0 Å². The SMILES string of the molecule is Nc1[nH]c(=O)cc(C(F)F)c1S(=O)(=O)Cl. The quantitative estimate of drug-likeness (QED) is 0.768. The van der Waals surface area contributed by atoms with Gasteiger partial charge in [-0.15, -0.1) is 0 Å². The lowest BCUT2D eigenvalue weighted by molar-refractivity contribution is 0.148. The fourth-order valence-electron chi connectivity index (χ4n) is 1.02. The van der Waals surface area contributed by atoms with Crippen molar-refractivity contribution in [1.29, 1.82) is 0 Å². The Hall–Kier alpha value is -1.15. The van der Waals surface area contributed by atoms with Crippen LogP contribution in [0.2, 0.25) is 0 Å². The number of H-pyrrole nitrogens is 1. The predicted octanol–water partition coefficient (Wildman–Crippen LogP) is 0.822. The van der Waals surface area contributed by atoms with Crippen molar-refractivity contribution < 1.29 is 17.2 Å². The summed E-state index contributed by atoms with van der Waals surface area (Å²) in [6, 6.07) is 0.441. The number of nitrogens with two attached hydrogens (primary N) is 1. The summed E-state index contributed by atoms with van der Waals surface area (Å²) < 4.78 is 46.6. The Morgan fingerprint density at radius 3 is 2.40 bits per heavy atom. The molecule has 1 aromatic heterocycles. The molecule has 0 amide bonds. The van der Waals surface area contributed by atoms with Crippen LogP contribution in [-0.2, 0) is 9.05 Å². The van der Waals surface area contributed by atoms with Crippen molar-refractivity contribution in [3.05, 3.63) is 22.0 Å². The van der Waals surface area contributed by atoms with Crippen LogP contribution in [0, 0.1) is 0 Å². The van der Waals surface area contributed by atoms with Gasteiger partial charge in [-0.1, -0.05) is 0 Å². The predicted molar refractivity (Wildman–Crippen MR) is 49.5 cm³/mol. The number of nitrogens with one attached hydrogen (secondary N) is 1. The van der Waals surface area contributed by atoms with Gasteiger partial charge in [-0.25, -0.2) is 17.2 Å². The zero-order valence-corrected chi connectivity index (χ0v) is 8.57. The highest BCUT2D eigenvalue weighted by Gasteiger charge is 2.25. The Morgan fingerprint density at radius 1 is 1.47 bits per heavy atom. The largest absolute Gasteiger partial charge is 0.384 e. The second kappa shape index (κ2) is 3.78. The van der Waals surface area contributed by atoms with Crippen LogP contribution >= 0.6 is 10.7 Å². The fourth-order valence-corrected chi connectivity index (χ4v) is 2.28. The van der Waals surface area contributed by atoms with Gasteiger partial charge in [0.25, 0.3) is 15.5 Å². The maximum Gasteiger partial charge on any atom is 0.265 e. The highest BCUT2D eigenvalue weighted by molar-refractivity contribution is 8.13. The molecule has 0 saturated heterocycles. The van der Waals surface area contributed by atoms with Crippen LogP contribution < -0.4 is 11.3 Å². The van der Waals surface area contributed by atoms with E-state index < -0.39 is 37.3 Å². The van der Waals surface area contributed by atoms with Crippen molar-refractivity contribution in [3.63, 3.8) is 0 Å². The molecule has 0 aromatic carbocycles. The number of nitrogen functional groups attached to an aromatic ring is 1. The van der Waals surface area contributed by atoms with E-state index in [1.807, 2.05) is 4.98 Å². The second-order valence-corrected chi connectivity index (χ2v) is 5.07. The lowest BCUT2D eigenvalue weighted by Gasteiger charge is -2.07. The maximum absolute atomic E-state index is 12.4. The van der Waals surface area contributed by atoms with E-state index in [-0.39, 0.29) is 0 Å². The molecule has 0 atom stereocenters. The van der Waals surface area contributed by atoms with Gasteiger partial charge in [0.2, 0.25) is 5.56 Å². The van der Waals surface area contributed by atoms with Crippen molar-refractivity contribution in [2.75, 3.05) is 5.73 Å². The zero-order chi connectivity index (χ0) is 11.8. The minimum Gasteiger partial charge on any atom is -0.384 e. The van der Waals surface area contributed by atoms with Gasteiger partial charge in [-0.2, -0.15) is 0 Å². The summed E-state index contributed by atoms with van der Waals surface area (Å²) in [4.78, 5) is 11.7. The number of anilines is 1. The third kappa shape index (κ3) is 2.45. The highest BCUT2D eigenvalue weighted by Crippen LogP contribution is 2.30. The zero-order valence-electron chi connectivity index (χ0n) is 7.00. The molecule has 84 valence electrons. The van der Waals surface area contributed by atoms with Crippen molar-refractivity contribution in [3.8, 4) is 0 Å². The fraction of sp³-hybridized carbons (Fsp3) is 0.167. The Morgan fingerprint density at radius 2 is 2.00 bits per heavy atom. The molecule has 1 rings (SSSR count). The monoisotopic (exact) mass is 258 g/mol. The molecule has 5 nitrogen and oxygen atoms in total. The van der Waals surface area contributed by atoms with Gasteiger partial charge in [-0.3, -0.25) is 4.79 Å². The summed E-state index contributed by atoms with van der Waals surface area (Å²) in [5.74, 6) is -0.701. The maximum atomic E-state index is 12.4. The van der Waals surface area contributed by atoms with Gasteiger partial charge < -0.3 is 10.7 Å². The molecule has 0 aliphatic rings. The van der Waals surface area contributed by atoms with Gasteiger partial charge in [-0.05, 0) is 0 Å². The van der Waals surface area contributed by atoms with E-state index in [0.717, 1.165) is 0 Å². The molecule has 15 heavy (non-hydrogen) atoms. The first-order valence-corrected chi connectivity index (χ1v) is 5.80. The van der Waals surface area contributed by atoms with Crippen LogP contribution in [0.25, 0.3) is 0 Å². The first kappa shape index (κ1) is 11.9. The summed E-state index contributed by atoms with van der Waals surface area (Å²) >= 11 is 0. The molecule has 1 aromatic rings. The topological polar surface area (TPSA) is 93.0 Å². The third-order valence-electron chi connectivity index (χ3n) is 1.53. The summed E-state index contributed by atoms with van der Waals surface area (Å²) in [7, 11) is 0.473. The Kier molecular flexibility index (Phi) is 3.00. The average molecular weight is 259 g/mol. The van der Waals surface area contributed by atoms with E-state index >= 15 is 0 Å². The molecule has 3 N–H and O–H groups in total. The van der Waals surface area contributed by atoms with Crippen LogP contribution in [-0.4, -0.2) is 13.4 Å². The van der Waals surface area contributed by atoms with Gasteiger partial charge in [0.05, 0.1) is 0 Å². The number of aromatic amines is 1. The number of rotatable bonds is 2.